The molecular weight excluding hydrogens is 376 g/mol. The van der Waals surface area contributed by atoms with Crippen LogP contribution in [0.3, 0.4) is 0 Å². The van der Waals surface area contributed by atoms with Crippen LogP contribution < -0.4 is 10.6 Å². The quantitative estimate of drug-likeness (QED) is 0.271. The normalized spacial score (nSPS) is 12.5. The number of nitrogens with one attached hydrogen (secondary N) is 3. The van der Waals surface area contributed by atoms with E-state index >= 15 is 0 Å². The molecule has 0 saturated heterocycles. The number of rotatable bonds is 10. The number of guanidine groups is 1. The average Bonchev–Trinajstić information content (AvgIpc) is 3.33. The van der Waals surface area contributed by atoms with E-state index in [1.165, 1.54) is 11.9 Å². The smallest absolute Gasteiger partial charge is 0.191 e. The zero-order valence-corrected chi connectivity index (χ0v) is 17.6. The van der Waals surface area contributed by atoms with E-state index < -0.39 is 0 Å². The lowest BCUT2D eigenvalue weighted by Gasteiger charge is -2.14. The fourth-order valence-electron chi connectivity index (χ4n) is 3.03. The van der Waals surface area contributed by atoms with Gasteiger partial charge >= 0.3 is 0 Å². The first-order chi connectivity index (χ1) is 14.8. The summed E-state index contributed by atoms with van der Waals surface area (Å²) in [6.07, 6.45) is 2.52. The number of H-pyrrole nitrogens is 1. The van der Waals surface area contributed by atoms with Crippen molar-refractivity contribution in [1.29, 1.82) is 0 Å². The van der Waals surface area contributed by atoms with Crippen molar-refractivity contribution in [3.05, 3.63) is 72.1 Å². The predicted molar refractivity (Wildman–Crippen MR) is 120 cm³/mol. The Morgan fingerprint density at radius 3 is 2.77 bits per heavy atom. The van der Waals surface area contributed by atoms with E-state index in [1.807, 2.05) is 30.3 Å². The molecule has 1 aromatic heterocycles. The second-order valence-electron chi connectivity index (χ2n) is 6.93. The molecule has 7 heteroatoms. The maximum Gasteiger partial charge on any atom is 0.191 e. The first kappa shape index (κ1) is 21.5. The number of nitrogens with zero attached hydrogens (tertiary/aromatic N) is 3. The maximum absolute atomic E-state index is 5.93. The van der Waals surface area contributed by atoms with E-state index in [-0.39, 0.29) is 6.10 Å². The SMILES string of the molecule is CCNC(=NCc1cccc(-c2ncn[nH]2)c1)NCCCOC(C)c1ccccc1. The molecule has 1 heterocycles. The molecule has 3 rings (SSSR count). The Balaban J connectivity index is 1.45. The van der Waals surface area contributed by atoms with Crippen molar-refractivity contribution in [1.82, 2.24) is 25.8 Å². The highest BCUT2D eigenvalue weighted by atomic mass is 16.5. The van der Waals surface area contributed by atoms with Gasteiger partial charge in [-0.1, -0.05) is 48.5 Å². The van der Waals surface area contributed by atoms with Gasteiger partial charge in [-0.25, -0.2) is 9.98 Å². The molecule has 0 fully saturated rings. The third-order valence-electron chi connectivity index (χ3n) is 4.63. The molecule has 1 atom stereocenters. The molecule has 0 spiro atoms. The monoisotopic (exact) mass is 406 g/mol. The van der Waals surface area contributed by atoms with Crippen molar-refractivity contribution in [2.45, 2.75) is 32.9 Å². The summed E-state index contributed by atoms with van der Waals surface area (Å²) in [6, 6.07) is 18.4. The molecule has 158 valence electrons. The van der Waals surface area contributed by atoms with Crippen LogP contribution in [0.15, 0.2) is 65.9 Å². The predicted octanol–water partition coefficient (Wildman–Crippen LogP) is 3.69. The topological polar surface area (TPSA) is 87.2 Å². The third kappa shape index (κ3) is 6.70. The second-order valence-corrected chi connectivity index (χ2v) is 6.93. The van der Waals surface area contributed by atoms with Gasteiger partial charge in [0.15, 0.2) is 11.8 Å². The summed E-state index contributed by atoms with van der Waals surface area (Å²) in [4.78, 5) is 8.90. The zero-order valence-electron chi connectivity index (χ0n) is 17.6. The van der Waals surface area contributed by atoms with E-state index in [0.717, 1.165) is 42.4 Å². The fraction of sp³-hybridized carbons (Fsp3) is 0.348. The number of ether oxygens (including phenoxy) is 1. The minimum Gasteiger partial charge on any atom is -0.374 e. The number of hydrogen-bond acceptors (Lipinski definition) is 4. The van der Waals surface area contributed by atoms with Gasteiger partial charge in [-0.3, -0.25) is 5.10 Å². The summed E-state index contributed by atoms with van der Waals surface area (Å²) in [6.45, 7) is 7.03. The number of aromatic amines is 1. The Morgan fingerprint density at radius 2 is 2.00 bits per heavy atom. The Morgan fingerprint density at radius 1 is 1.13 bits per heavy atom. The van der Waals surface area contributed by atoms with Crippen molar-refractivity contribution in [3.8, 4) is 11.4 Å². The first-order valence-corrected chi connectivity index (χ1v) is 10.4. The molecule has 2 aromatic carbocycles. The Kier molecular flexibility index (Phi) is 8.41. The third-order valence-corrected chi connectivity index (χ3v) is 4.63. The van der Waals surface area contributed by atoms with Gasteiger partial charge in [0.05, 0.1) is 12.6 Å². The summed E-state index contributed by atoms with van der Waals surface area (Å²) in [5, 5.41) is 13.5. The van der Waals surface area contributed by atoms with Gasteiger partial charge in [0.2, 0.25) is 0 Å². The van der Waals surface area contributed by atoms with E-state index in [2.05, 4.69) is 63.9 Å². The van der Waals surface area contributed by atoms with Gasteiger partial charge in [0.25, 0.3) is 0 Å². The largest absolute Gasteiger partial charge is 0.374 e. The van der Waals surface area contributed by atoms with Gasteiger partial charge in [-0.2, -0.15) is 5.10 Å². The molecule has 3 N–H and O–H groups in total. The van der Waals surface area contributed by atoms with Crippen molar-refractivity contribution < 1.29 is 4.74 Å². The molecule has 30 heavy (non-hydrogen) atoms. The van der Waals surface area contributed by atoms with Crippen LogP contribution in [0.25, 0.3) is 11.4 Å². The van der Waals surface area contributed by atoms with Crippen LogP contribution in [-0.2, 0) is 11.3 Å². The maximum atomic E-state index is 5.93. The fourth-order valence-corrected chi connectivity index (χ4v) is 3.03. The van der Waals surface area contributed by atoms with Gasteiger partial charge < -0.3 is 15.4 Å². The highest BCUT2D eigenvalue weighted by Gasteiger charge is 2.05. The number of benzene rings is 2. The molecule has 7 nitrogen and oxygen atoms in total. The Labute approximate surface area is 178 Å². The number of aromatic nitrogens is 3. The van der Waals surface area contributed by atoms with E-state index in [0.29, 0.717) is 13.2 Å². The molecule has 0 aliphatic heterocycles. The van der Waals surface area contributed by atoms with Crippen molar-refractivity contribution in [2.75, 3.05) is 19.7 Å². The minimum atomic E-state index is 0.102. The lowest BCUT2D eigenvalue weighted by atomic mass is 10.1. The molecule has 0 bridgehead atoms. The molecule has 0 radical (unpaired) electrons. The van der Waals surface area contributed by atoms with Crippen LogP contribution in [0.2, 0.25) is 0 Å². The molecule has 0 aliphatic rings. The van der Waals surface area contributed by atoms with E-state index in [1.54, 1.807) is 0 Å². The zero-order chi connectivity index (χ0) is 21.0. The summed E-state index contributed by atoms with van der Waals surface area (Å²) in [5.41, 5.74) is 3.32. The molecule has 0 saturated carbocycles. The Bertz CT molecular complexity index is 895. The van der Waals surface area contributed by atoms with Crippen LogP contribution in [-0.4, -0.2) is 40.8 Å². The molecular formula is C23H30N6O. The standard InChI is InChI=1S/C23H30N6O/c1-3-24-23(25-13-8-14-30-18(2)20-10-5-4-6-11-20)26-16-19-9-7-12-21(15-19)22-27-17-28-29-22/h4-7,9-12,15,17-18H,3,8,13-14,16H2,1-2H3,(H2,24,25,26)(H,27,28,29). The van der Waals surface area contributed by atoms with Gasteiger partial charge in [-0.15, -0.1) is 0 Å². The highest BCUT2D eigenvalue weighted by molar-refractivity contribution is 5.79. The summed E-state index contributed by atoms with van der Waals surface area (Å²) >= 11 is 0. The highest BCUT2D eigenvalue weighted by Crippen LogP contribution is 2.16. The lowest BCUT2D eigenvalue weighted by Crippen LogP contribution is -2.38. The number of aliphatic imine (C=N–C) groups is 1. The molecule has 1 unspecified atom stereocenters. The van der Waals surface area contributed by atoms with Crippen molar-refractivity contribution >= 4 is 5.96 Å². The summed E-state index contributed by atoms with van der Waals surface area (Å²) in [5.74, 6) is 1.56. The second kappa shape index (κ2) is 11.7. The van der Waals surface area contributed by atoms with Crippen LogP contribution in [0.1, 0.15) is 37.5 Å². The molecule has 0 aliphatic carbocycles. The molecule has 3 aromatic rings. The van der Waals surface area contributed by atoms with Crippen LogP contribution >= 0.6 is 0 Å². The van der Waals surface area contributed by atoms with E-state index in [4.69, 9.17) is 9.73 Å². The summed E-state index contributed by atoms with van der Waals surface area (Å²) < 4.78 is 5.93. The van der Waals surface area contributed by atoms with Crippen molar-refractivity contribution in [2.24, 2.45) is 4.99 Å². The van der Waals surface area contributed by atoms with Crippen LogP contribution in [0, 0.1) is 0 Å². The van der Waals surface area contributed by atoms with Gasteiger partial charge in [0, 0.05) is 25.3 Å². The minimum absolute atomic E-state index is 0.102. The molecule has 0 amide bonds. The average molecular weight is 407 g/mol. The summed E-state index contributed by atoms with van der Waals surface area (Å²) in [7, 11) is 0. The van der Waals surface area contributed by atoms with Gasteiger partial charge in [-0.05, 0) is 37.5 Å². The van der Waals surface area contributed by atoms with Gasteiger partial charge in [0.1, 0.15) is 6.33 Å². The lowest BCUT2D eigenvalue weighted by molar-refractivity contribution is 0.0646. The number of hydrogen-bond donors (Lipinski definition) is 3. The first-order valence-electron chi connectivity index (χ1n) is 10.4. The Hall–Kier alpha value is -3.19. The van der Waals surface area contributed by atoms with Crippen LogP contribution in [0.4, 0.5) is 0 Å². The van der Waals surface area contributed by atoms with Crippen LogP contribution in [0.5, 0.6) is 0 Å². The van der Waals surface area contributed by atoms with Crippen molar-refractivity contribution in [3.63, 3.8) is 0 Å². The van der Waals surface area contributed by atoms with E-state index in [9.17, 15) is 0 Å².